The zero-order valence-electron chi connectivity index (χ0n) is 11.5. The fraction of sp³-hybridized carbons (Fsp3) is 0.125. The molecular weight excluding hydrogens is 286 g/mol. The molecule has 0 spiro atoms. The highest BCUT2D eigenvalue weighted by Crippen LogP contribution is 2.35. The number of nitrogens with zero attached hydrogens (tertiary/aromatic N) is 2. The van der Waals surface area contributed by atoms with Crippen molar-refractivity contribution in [1.82, 2.24) is 5.32 Å². The fourth-order valence-corrected chi connectivity index (χ4v) is 2.76. The molecule has 0 saturated heterocycles. The summed E-state index contributed by atoms with van der Waals surface area (Å²) in [4.78, 5) is 11.8. The van der Waals surface area contributed by atoms with Gasteiger partial charge in [-0.15, -0.1) is 0 Å². The highest BCUT2D eigenvalue weighted by Gasteiger charge is 2.19. The summed E-state index contributed by atoms with van der Waals surface area (Å²) in [5, 5.41) is 8.73. The third-order valence-electron chi connectivity index (χ3n) is 3.31. The monoisotopic (exact) mass is 299 g/mol. The topological polar surface area (TPSA) is 44.7 Å². The van der Waals surface area contributed by atoms with Gasteiger partial charge < -0.3 is 5.32 Å². The van der Waals surface area contributed by atoms with Crippen molar-refractivity contribution in [1.29, 1.82) is 0 Å². The third-order valence-corrected chi connectivity index (χ3v) is 3.61. The molecule has 5 heteroatoms. The van der Waals surface area contributed by atoms with Crippen LogP contribution in [-0.4, -0.2) is 18.8 Å². The average Bonchev–Trinajstić information content (AvgIpc) is 2.48. The lowest BCUT2D eigenvalue weighted by Gasteiger charge is -2.22. The number of carbonyl (C=O) groups excluding carboxylic acids is 1. The van der Waals surface area contributed by atoms with Crippen LogP contribution in [0.15, 0.2) is 47.6 Å². The Morgan fingerprint density at radius 1 is 1.24 bits per heavy atom. The van der Waals surface area contributed by atoms with Gasteiger partial charge in [0.25, 0.3) is 0 Å². The van der Waals surface area contributed by atoms with Crippen molar-refractivity contribution in [2.45, 2.75) is 6.92 Å². The van der Waals surface area contributed by atoms with Gasteiger partial charge in [-0.25, -0.2) is 4.79 Å². The van der Waals surface area contributed by atoms with E-state index in [0.29, 0.717) is 17.3 Å². The summed E-state index contributed by atoms with van der Waals surface area (Å²) >= 11 is 6.43. The zero-order chi connectivity index (χ0) is 14.8. The number of halogens is 1. The first-order valence-electron chi connectivity index (χ1n) is 6.63. The predicted octanol–water partition coefficient (Wildman–Crippen LogP) is 3.83. The minimum Gasteiger partial charge on any atom is -0.331 e. The standard InChI is InChI=1S/C16H14ClN3O/c1-11-9-13(20-16(21)18-7-8-19-20)10-14(17)15(11)12-5-3-2-4-6-12/h2-6,8-10H,7H2,1H3,(H,18,21). The first-order valence-corrected chi connectivity index (χ1v) is 7.00. The summed E-state index contributed by atoms with van der Waals surface area (Å²) in [6.45, 7) is 2.42. The summed E-state index contributed by atoms with van der Waals surface area (Å²) < 4.78 is 0. The van der Waals surface area contributed by atoms with Crippen LogP contribution in [0.25, 0.3) is 11.1 Å². The van der Waals surface area contributed by atoms with E-state index in [-0.39, 0.29) is 6.03 Å². The maximum absolute atomic E-state index is 11.8. The number of urea groups is 1. The summed E-state index contributed by atoms with van der Waals surface area (Å²) in [7, 11) is 0. The molecule has 0 aliphatic carbocycles. The molecule has 0 aromatic heterocycles. The van der Waals surface area contributed by atoms with Crippen LogP contribution in [0.4, 0.5) is 10.5 Å². The molecule has 1 aliphatic heterocycles. The second kappa shape index (κ2) is 5.58. The summed E-state index contributed by atoms with van der Waals surface area (Å²) in [5.74, 6) is 0. The van der Waals surface area contributed by atoms with E-state index < -0.39 is 0 Å². The molecule has 4 nitrogen and oxygen atoms in total. The van der Waals surface area contributed by atoms with Gasteiger partial charge in [0.15, 0.2) is 0 Å². The highest BCUT2D eigenvalue weighted by atomic mass is 35.5. The first-order chi connectivity index (χ1) is 10.2. The van der Waals surface area contributed by atoms with E-state index in [2.05, 4.69) is 10.4 Å². The van der Waals surface area contributed by atoms with Gasteiger partial charge in [-0.1, -0.05) is 41.9 Å². The number of amides is 2. The van der Waals surface area contributed by atoms with Crippen molar-refractivity contribution in [3.05, 3.63) is 53.1 Å². The van der Waals surface area contributed by atoms with Crippen LogP contribution in [-0.2, 0) is 0 Å². The molecule has 1 N–H and O–H groups in total. The molecule has 0 unspecified atom stereocenters. The Bertz CT molecular complexity index is 690. The quantitative estimate of drug-likeness (QED) is 0.900. The Hall–Kier alpha value is -2.33. The second-order valence-electron chi connectivity index (χ2n) is 4.78. The molecule has 106 valence electrons. The van der Waals surface area contributed by atoms with Crippen molar-refractivity contribution >= 4 is 29.5 Å². The first kappa shape index (κ1) is 13.6. The molecule has 2 aromatic carbocycles. The summed E-state index contributed by atoms with van der Waals surface area (Å²) in [5.41, 5.74) is 3.68. The van der Waals surface area contributed by atoms with Crippen molar-refractivity contribution in [2.75, 3.05) is 11.6 Å². The zero-order valence-corrected chi connectivity index (χ0v) is 12.3. The second-order valence-corrected chi connectivity index (χ2v) is 5.19. The van der Waals surface area contributed by atoms with Gasteiger partial charge in [0.05, 0.1) is 17.3 Å². The Morgan fingerprint density at radius 3 is 2.67 bits per heavy atom. The van der Waals surface area contributed by atoms with Crippen LogP contribution in [0.1, 0.15) is 5.56 Å². The normalized spacial score (nSPS) is 14.2. The van der Waals surface area contributed by atoms with Gasteiger partial charge in [-0.2, -0.15) is 10.1 Å². The van der Waals surface area contributed by atoms with Gasteiger partial charge in [0.1, 0.15) is 0 Å². The number of carbonyl (C=O) groups is 1. The van der Waals surface area contributed by atoms with Crippen LogP contribution in [0, 0.1) is 6.92 Å². The SMILES string of the molecule is Cc1cc(N2N=CCNC2=O)cc(Cl)c1-c1ccccc1. The van der Waals surface area contributed by atoms with Crippen LogP contribution in [0.2, 0.25) is 5.02 Å². The van der Waals surface area contributed by atoms with Crippen molar-refractivity contribution < 1.29 is 4.79 Å². The molecule has 1 aliphatic rings. The van der Waals surface area contributed by atoms with E-state index in [4.69, 9.17) is 11.6 Å². The van der Waals surface area contributed by atoms with E-state index in [1.165, 1.54) is 5.01 Å². The summed E-state index contributed by atoms with van der Waals surface area (Å²) in [6, 6.07) is 13.4. The van der Waals surface area contributed by atoms with Gasteiger partial charge in [0, 0.05) is 11.8 Å². The summed E-state index contributed by atoms with van der Waals surface area (Å²) in [6.07, 6.45) is 1.65. The predicted molar refractivity (Wildman–Crippen MR) is 86.0 cm³/mol. The van der Waals surface area contributed by atoms with Crippen LogP contribution in [0.5, 0.6) is 0 Å². The molecule has 3 rings (SSSR count). The molecular formula is C16H14ClN3O. The van der Waals surface area contributed by atoms with Gasteiger partial charge >= 0.3 is 6.03 Å². The molecule has 21 heavy (non-hydrogen) atoms. The largest absolute Gasteiger partial charge is 0.342 e. The molecule has 0 saturated carbocycles. The number of hydrogen-bond donors (Lipinski definition) is 1. The Balaban J connectivity index is 2.06. The van der Waals surface area contributed by atoms with Crippen LogP contribution >= 0.6 is 11.6 Å². The van der Waals surface area contributed by atoms with Gasteiger partial charge in [-0.05, 0) is 30.2 Å². The van der Waals surface area contributed by atoms with Gasteiger partial charge in [-0.3, -0.25) is 0 Å². The average molecular weight is 300 g/mol. The number of rotatable bonds is 2. The van der Waals surface area contributed by atoms with Crippen molar-refractivity contribution in [3.8, 4) is 11.1 Å². The van der Waals surface area contributed by atoms with E-state index >= 15 is 0 Å². The Kier molecular flexibility index (Phi) is 3.62. The maximum Gasteiger partial charge on any atom is 0.342 e. The minimum atomic E-state index is -0.250. The molecule has 0 atom stereocenters. The van der Waals surface area contributed by atoms with E-state index in [1.807, 2.05) is 43.3 Å². The van der Waals surface area contributed by atoms with Crippen molar-refractivity contribution in [3.63, 3.8) is 0 Å². The number of nitrogens with one attached hydrogen (secondary N) is 1. The number of aryl methyl sites for hydroxylation is 1. The minimum absolute atomic E-state index is 0.250. The number of anilines is 1. The lowest BCUT2D eigenvalue weighted by atomic mass is 10.00. The molecule has 2 amide bonds. The van der Waals surface area contributed by atoms with E-state index in [9.17, 15) is 4.79 Å². The molecule has 0 bridgehead atoms. The number of benzene rings is 2. The Labute approximate surface area is 128 Å². The molecule has 1 heterocycles. The molecule has 2 aromatic rings. The number of hydrazone groups is 1. The van der Waals surface area contributed by atoms with E-state index in [1.54, 1.807) is 12.3 Å². The van der Waals surface area contributed by atoms with Crippen LogP contribution in [0.3, 0.4) is 0 Å². The number of hydrogen-bond acceptors (Lipinski definition) is 2. The Morgan fingerprint density at radius 2 is 2.00 bits per heavy atom. The smallest absolute Gasteiger partial charge is 0.331 e. The maximum atomic E-state index is 11.8. The third kappa shape index (κ3) is 2.62. The molecule has 0 fully saturated rings. The highest BCUT2D eigenvalue weighted by molar-refractivity contribution is 6.34. The lowest BCUT2D eigenvalue weighted by molar-refractivity contribution is 0.247. The van der Waals surface area contributed by atoms with Gasteiger partial charge in [0.2, 0.25) is 0 Å². The fourth-order valence-electron chi connectivity index (χ4n) is 2.39. The molecule has 0 radical (unpaired) electrons. The van der Waals surface area contributed by atoms with Crippen molar-refractivity contribution in [2.24, 2.45) is 5.10 Å². The lowest BCUT2D eigenvalue weighted by Crippen LogP contribution is -2.41. The van der Waals surface area contributed by atoms with E-state index in [0.717, 1.165) is 16.7 Å². The van der Waals surface area contributed by atoms with Crippen LogP contribution < -0.4 is 10.3 Å².